The topological polar surface area (TPSA) is 85.8 Å². The van der Waals surface area contributed by atoms with Crippen molar-refractivity contribution in [2.45, 2.75) is 58.5 Å². The quantitative estimate of drug-likeness (QED) is 0.902. The molecule has 1 amide bonds. The Hall–Kier alpha value is -1.95. The van der Waals surface area contributed by atoms with Gasteiger partial charge in [-0.3, -0.25) is 4.79 Å². The lowest BCUT2D eigenvalue weighted by Gasteiger charge is -2.31. The van der Waals surface area contributed by atoms with Crippen molar-refractivity contribution in [3.63, 3.8) is 0 Å². The van der Waals surface area contributed by atoms with Gasteiger partial charge in [0.05, 0.1) is 17.5 Å². The molecule has 0 saturated heterocycles. The lowest BCUT2D eigenvalue weighted by atomic mass is 9.84. The van der Waals surface area contributed by atoms with Gasteiger partial charge in [0, 0.05) is 17.5 Å². The molecule has 24 heavy (non-hydrogen) atoms. The lowest BCUT2D eigenvalue weighted by molar-refractivity contribution is 0.0907. The number of nitrogens with one attached hydrogen (secondary N) is 1. The number of carbonyl (C=O) groups is 1. The molecule has 1 aliphatic rings. The van der Waals surface area contributed by atoms with Gasteiger partial charge in [0.2, 0.25) is 0 Å². The van der Waals surface area contributed by atoms with E-state index in [1.54, 1.807) is 6.20 Å². The minimum atomic E-state index is -0.0513. The van der Waals surface area contributed by atoms with Crippen LogP contribution >= 0.6 is 0 Å². The van der Waals surface area contributed by atoms with Crippen LogP contribution in [0.5, 0.6) is 0 Å². The zero-order valence-electron chi connectivity index (χ0n) is 14.7. The van der Waals surface area contributed by atoms with Gasteiger partial charge in [-0.05, 0) is 52.1 Å². The fourth-order valence-electron chi connectivity index (χ4n) is 3.60. The monoisotopic (exact) mass is 329 g/mol. The van der Waals surface area contributed by atoms with E-state index in [0.717, 1.165) is 36.0 Å². The van der Waals surface area contributed by atoms with Gasteiger partial charge in [0.1, 0.15) is 0 Å². The molecule has 3 N–H and O–H groups in total. The molecule has 3 rings (SSSR count). The number of aryl methyl sites for hydroxylation is 1. The first-order valence-electron chi connectivity index (χ1n) is 8.87. The van der Waals surface area contributed by atoms with Crippen LogP contribution in [0.1, 0.15) is 61.6 Å². The molecule has 2 unspecified atom stereocenters. The standard InChI is InChI=1S/C18H27N5O/c1-11(2)23-17-14(10-20-23)8-15(12(3)21-17)18(24)22-16-7-5-4-6-13(16)9-19/h8,10-11,13,16H,4-7,9,19H2,1-3H3,(H,22,24). The van der Waals surface area contributed by atoms with E-state index in [1.165, 1.54) is 6.42 Å². The molecule has 0 spiro atoms. The maximum Gasteiger partial charge on any atom is 0.253 e. The van der Waals surface area contributed by atoms with Crippen LogP contribution in [0.3, 0.4) is 0 Å². The van der Waals surface area contributed by atoms with Crippen molar-refractivity contribution in [2.75, 3.05) is 6.54 Å². The van der Waals surface area contributed by atoms with Crippen molar-refractivity contribution in [2.24, 2.45) is 11.7 Å². The number of amides is 1. The first kappa shape index (κ1) is 16.9. The zero-order chi connectivity index (χ0) is 17.3. The average molecular weight is 329 g/mol. The maximum absolute atomic E-state index is 12.8. The summed E-state index contributed by atoms with van der Waals surface area (Å²) in [7, 11) is 0. The Morgan fingerprint density at radius 1 is 1.42 bits per heavy atom. The Kier molecular flexibility index (Phi) is 4.85. The second-order valence-corrected chi connectivity index (χ2v) is 7.08. The van der Waals surface area contributed by atoms with Gasteiger partial charge >= 0.3 is 0 Å². The molecule has 130 valence electrons. The third kappa shape index (κ3) is 3.15. The smallest absolute Gasteiger partial charge is 0.253 e. The SMILES string of the molecule is Cc1nc2c(cnn2C(C)C)cc1C(=O)NC1CCCCC1CN. The van der Waals surface area contributed by atoms with Crippen molar-refractivity contribution < 1.29 is 4.79 Å². The minimum Gasteiger partial charge on any atom is -0.349 e. The number of nitrogens with two attached hydrogens (primary N) is 1. The van der Waals surface area contributed by atoms with E-state index >= 15 is 0 Å². The first-order chi connectivity index (χ1) is 11.5. The normalized spacial score (nSPS) is 21.4. The van der Waals surface area contributed by atoms with Crippen molar-refractivity contribution in [3.05, 3.63) is 23.5 Å². The van der Waals surface area contributed by atoms with Crippen molar-refractivity contribution in [3.8, 4) is 0 Å². The first-order valence-corrected chi connectivity index (χ1v) is 8.87. The van der Waals surface area contributed by atoms with E-state index in [0.29, 0.717) is 18.0 Å². The Labute approximate surface area is 142 Å². The van der Waals surface area contributed by atoms with Gasteiger partial charge < -0.3 is 11.1 Å². The number of hydrogen-bond donors (Lipinski definition) is 2. The highest BCUT2D eigenvalue weighted by atomic mass is 16.1. The fourth-order valence-corrected chi connectivity index (χ4v) is 3.60. The Morgan fingerprint density at radius 2 is 2.17 bits per heavy atom. The molecule has 1 fully saturated rings. The van der Waals surface area contributed by atoms with Crippen LogP contribution in [0.4, 0.5) is 0 Å². The number of carbonyl (C=O) groups excluding carboxylic acids is 1. The molecule has 2 atom stereocenters. The van der Waals surface area contributed by atoms with Crippen molar-refractivity contribution in [1.29, 1.82) is 0 Å². The third-order valence-electron chi connectivity index (χ3n) is 5.02. The molecule has 2 heterocycles. The van der Waals surface area contributed by atoms with Crippen LogP contribution in [0.15, 0.2) is 12.3 Å². The summed E-state index contributed by atoms with van der Waals surface area (Å²) in [5, 5.41) is 8.47. The van der Waals surface area contributed by atoms with Gasteiger partial charge in [-0.2, -0.15) is 5.10 Å². The molecule has 0 aromatic carbocycles. The molecular formula is C18H27N5O. The van der Waals surface area contributed by atoms with E-state index < -0.39 is 0 Å². The van der Waals surface area contributed by atoms with Crippen molar-refractivity contribution in [1.82, 2.24) is 20.1 Å². The van der Waals surface area contributed by atoms with E-state index in [4.69, 9.17) is 5.73 Å². The summed E-state index contributed by atoms with van der Waals surface area (Å²) in [6, 6.07) is 2.31. The molecule has 0 bridgehead atoms. The van der Waals surface area contributed by atoms with Crippen LogP contribution in [0.25, 0.3) is 11.0 Å². The fraction of sp³-hybridized carbons (Fsp3) is 0.611. The molecule has 6 heteroatoms. The van der Waals surface area contributed by atoms with Gasteiger partial charge in [0.25, 0.3) is 5.91 Å². The van der Waals surface area contributed by atoms with Crippen LogP contribution in [0.2, 0.25) is 0 Å². The van der Waals surface area contributed by atoms with Gasteiger partial charge in [0.15, 0.2) is 5.65 Å². The minimum absolute atomic E-state index is 0.0513. The summed E-state index contributed by atoms with van der Waals surface area (Å²) < 4.78 is 1.88. The van der Waals surface area contributed by atoms with Gasteiger partial charge in [-0.15, -0.1) is 0 Å². The predicted octanol–water partition coefficient (Wildman–Crippen LogP) is 2.57. The average Bonchev–Trinajstić information content (AvgIpc) is 2.97. The van der Waals surface area contributed by atoms with E-state index in [1.807, 2.05) is 17.7 Å². The molecule has 0 radical (unpaired) electrons. The van der Waals surface area contributed by atoms with E-state index in [2.05, 4.69) is 29.2 Å². The number of nitrogens with zero attached hydrogens (tertiary/aromatic N) is 3. The maximum atomic E-state index is 12.8. The van der Waals surface area contributed by atoms with E-state index in [9.17, 15) is 4.79 Å². The number of pyridine rings is 1. The molecule has 2 aromatic rings. The predicted molar refractivity (Wildman–Crippen MR) is 94.9 cm³/mol. The number of hydrogen-bond acceptors (Lipinski definition) is 4. The second-order valence-electron chi connectivity index (χ2n) is 7.08. The highest BCUT2D eigenvalue weighted by molar-refractivity contribution is 5.98. The summed E-state index contributed by atoms with van der Waals surface area (Å²) in [6.45, 7) is 6.65. The summed E-state index contributed by atoms with van der Waals surface area (Å²) in [5.74, 6) is 0.327. The van der Waals surface area contributed by atoms with Crippen LogP contribution < -0.4 is 11.1 Å². The lowest BCUT2D eigenvalue weighted by Crippen LogP contribution is -2.44. The Bertz CT molecular complexity index is 736. The number of fused-ring (bicyclic) bond motifs is 1. The summed E-state index contributed by atoms with van der Waals surface area (Å²) in [5.41, 5.74) is 8.07. The number of rotatable bonds is 4. The van der Waals surface area contributed by atoms with Crippen molar-refractivity contribution >= 4 is 16.9 Å². The molecule has 2 aromatic heterocycles. The highest BCUT2D eigenvalue weighted by Gasteiger charge is 2.26. The molecule has 0 aliphatic heterocycles. The Morgan fingerprint density at radius 3 is 2.88 bits per heavy atom. The Balaban J connectivity index is 1.85. The molecule has 1 aliphatic carbocycles. The molecule has 1 saturated carbocycles. The van der Waals surface area contributed by atoms with Gasteiger partial charge in [-0.1, -0.05) is 12.8 Å². The van der Waals surface area contributed by atoms with Gasteiger partial charge in [-0.25, -0.2) is 9.67 Å². The zero-order valence-corrected chi connectivity index (χ0v) is 14.7. The summed E-state index contributed by atoms with van der Waals surface area (Å²) >= 11 is 0. The molecule has 6 nitrogen and oxygen atoms in total. The van der Waals surface area contributed by atoms with Crippen LogP contribution in [-0.4, -0.2) is 33.3 Å². The highest BCUT2D eigenvalue weighted by Crippen LogP contribution is 2.25. The van der Waals surface area contributed by atoms with Crippen LogP contribution in [-0.2, 0) is 0 Å². The molecular weight excluding hydrogens is 302 g/mol. The largest absolute Gasteiger partial charge is 0.349 e. The third-order valence-corrected chi connectivity index (χ3v) is 5.02. The second kappa shape index (κ2) is 6.89. The van der Waals surface area contributed by atoms with Crippen LogP contribution in [0, 0.1) is 12.8 Å². The summed E-state index contributed by atoms with van der Waals surface area (Å²) in [6.07, 6.45) is 6.24. The van der Waals surface area contributed by atoms with E-state index in [-0.39, 0.29) is 18.0 Å². The number of aromatic nitrogens is 3. The summed E-state index contributed by atoms with van der Waals surface area (Å²) in [4.78, 5) is 17.4.